The lowest BCUT2D eigenvalue weighted by Gasteiger charge is -2.31. The van der Waals surface area contributed by atoms with E-state index in [0.717, 1.165) is 5.56 Å². The zero-order valence-corrected chi connectivity index (χ0v) is 12.3. The number of aliphatic hydroxyl groups is 1. The standard InChI is InChI=1S/C16H21FO4/c1-16(2,15(19)20)8-7-12(18)14-5-3-10-9-11(17)4-6-13(10)21-14/h4,6,9,12,14,18H,3,5,7-8H2,1-2H3,(H,19,20). The third-order valence-corrected chi connectivity index (χ3v) is 4.07. The predicted molar refractivity (Wildman–Crippen MR) is 75.8 cm³/mol. The van der Waals surface area contributed by atoms with Crippen molar-refractivity contribution in [2.24, 2.45) is 5.41 Å². The Kier molecular flexibility index (Phi) is 4.52. The molecule has 5 heteroatoms. The summed E-state index contributed by atoms with van der Waals surface area (Å²) in [5.74, 6) is -0.566. The number of carboxylic acids is 1. The number of fused-ring (bicyclic) bond motifs is 1. The van der Waals surface area contributed by atoms with E-state index in [1.54, 1.807) is 19.9 Å². The van der Waals surface area contributed by atoms with Gasteiger partial charge in [0.15, 0.2) is 0 Å². The third kappa shape index (κ3) is 3.73. The predicted octanol–water partition coefficient (Wildman–Crippen LogP) is 2.77. The van der Waals surface area contributed by atoms with Crippen molar-refractivity contribution in [3.63, 3.8) is 0 Å². The molecule has 0 saturated heterocycles. The van der Waals surface area contributed by atoms with Crippen molar-refractivity contribution in [1.82, 2.24) is 0 Å². The van der Waals surface area contributed by atoms with Gasteiger partial charge in [0.1, 0.15) is 17.7 Å². The fourth-order valence-electron chi connectivity index (χ4n) is 2.45. The lowest BCUT2D eigenvalue weighted by atomic mass is 9.85. The van der Waals surface area contributed by atoms with Crippen LogP contribution in [0.5, 0.6) is 5.75 Å². The number of halogens is 1. The Morgan fingerprint density at radius 2 is 2.24 bits per heavy atom. The van der Waals surface area contributed by atoms with E-state index in [1.165, 1.54) is 12.1 Å². The molecule has 1 aliphatic heterocycles. The molecule has 0 radical (unpaired) electrons. The molecule has 0 spiro atoms. The Labute approximate surface area is 123 Å². The number of ether oxygens (including phenoxy) is 1. The van der Waals surface area contributed by atoms with Gasteiger partial charge in [0.05, 0.1) is 11.5 Å². The van der Waals surface area contributed by atoms with Crippen molar-refractivity contribution in [2.75, 3.05) is 0 Å². The lowest BCUT2D eigenvalue weighted by Crippen LogP contribution is -2.36. The summed E-state index contributed by atoms with van der Waals surface area (Å²) in [6.07, 6.45) is 0.900. The monoisotopic (exact) mass is 296 g/mol. The molecule has 0 bridgehead atoms. The summed E-state index contributed by atoms with van der Waals surface area (Å²) in [7, 11) is 0. The van der Waals surface area contributed by atoms with Crippen molar-refractivity contribution in [1.29, 1.82) is 0 Å². The van der Waals surface area contributed by atoms with Crippen molar-refractivity contribution in [3.8, 4) is 5.75 Å². The van der Waals surface area contributed by atoms with Crippen LogP contribution >= 0.6 is 0 Å². The second kappa shape index (κ2) is 6.02. The second-order valence-corrected chi connectivity index (χ2v) is 6.24. The van der Waals surface area contributed by atoms with Crippen LogP contribution < -0.4 is 4.74 Å². The normalized spacial score (nSPS) is 19.5. The average molecular weight is 296 g/mol. The first kappa shape index (κ1) is 15.8. The van der Waals surface area contributed by atoms with Crippen molar-refractivity contribution in [3.05, 3.63) is 29.6 Å². The van der Waals surface area contributed by atoms with Gasteiger partial charge in [-0.05, 0) is 63.3 Å². The highest BCUT2D eigenvalue weighted by atomic mass is 19.1. The van der Waals surface area contributed by atoms with Crippen LogP contribution in [0.1, 0.15) is 38.7 Å². The molecule has 2 rings (SSSR count). The summed E-state index contributed by atoms with van der Waals surface area (Å²) in [5, 5.41) is 19.3. The molecule has 1 heterocycles. The number of hydrogen-bond acceptors (Lipinski definition) is 3. The molecule has 0 aliphatic carbocycles. The van der Waals surface area contributed by atoms with E-state index in [0.29, 0.717) is 31.4 Å². The maximum Gasteiger partial charge on any atom is 0.309 e. The van der Waals surface area contributed by atoms with E-state index in [4.69, 9.17) is 9.84 Å². The minimum Gasteiger partial charge on any atom is -0.487 e. The molecule has 1 aromatic rings. The third-order valence-electron chi connectivity index (χ3n) is 4.07. The van der Waals surface area contributed by atoms with Crippen LogP contribution in [0.25, 0.3) is 0 Å². The van der Waals surface area contributed by atoms with Gasteiger partial charge in [-0.2, -0.15) is 0 Å². The number of carbonyl (C=O) groups is 1. The van der Waals surface area contributed by atoms with Crippen molar-refractivity contribution in [2.45, 2.75) is 51.7 Å². The molecule has 0 aromatic heterocycles. The summed E-state index contributed by atoms with van der Waals surface area (Å²) in [4.78, 5) is 11.1. The Balaban J connectivity index is 1.95. The molecule has 4 nitrogen and oxygen atoms in total. The number of aliphatic hydroxyl groups excluding tert-OH is 1. The van der Waals surface area contributed by atoms with E-state index in [1.807, 2.05) is 0 Å². The topological polar surface area (TPSA) is 66.8 Å². The molecule has 21 heavy (non-hydrogen) atoms. The maximum absolute atomic E-state index is 13.1. The summed E-state index contributed by atoms with van der Waals surface area (Å²) < 4.78 is 18.8. The summed E-state index contributed by atoms with van der Waals surface area (Å²) in [6, 6.07) is 4.36. The van der Waals surface area contributed by atoms with Gasteiger partial charge in [0.25, 0.3) is 0 Å². The Hall–Kier alpha value is -1.62. The lowest BCUT2D eigenvalue weighted by molar-refractivity contribution is -0.147. The number of aryl methyl sites for hydroxylation is 1. The van der Waals surface area contributed by atoms with Gasteiger partial charge in [-0.15, -0.1) is 0 Å². The van der Waals surface area contributed by atoms with Crippen LogP contribution in [0.4, 0.5) is 4.39 Å². The van der Waals surface area contributed by atoms with Crippen LogP contribution in [0.2, 0.25) is 0 Å². The highest BCUT2D eigenvalue weighted by Gasteiger charge is 2.31. The van der Waals surface area contributed by atoms with Gasteiger partial charge in [-0.25, -0.2) is 4.39 Å². The molecule has 1 aromatic carbocycles. The van der Waals surface area contributed by atoms with Crippen LogP contribution in [0.3, 0.4) is 0 Å². The Bertz CT molecular complexity index is 527. The summed E-state index contributed by atoms with van der Waals surface area (Å²) in [6.45, 7) is 3.28. The first-order valence-corrected chi connectivity index (χ1v) is 7.16. The molecular weight excluding hydrogens is 275 g/mol. The number of benzene rings is 1. The first-order valence-electron chi connectivity index (χ1n) is 7.16. The fourth-order valence-corrected chi connectivity index (χ4v) is 2.45. The van der Waals surface area contributed by atoms with Crippen LogP contribution in [-0.2, 0) is 11.2 Å². The van der Waals surface area contributed by atoms with Gasteiger partial charge in [0.2, 0.25) is 0 Å². The van der Waals surface area contributed by atoms with Crippen molar-refractivity contribution < 1.29 is 24.1 Å². The van der Waals surface area contributed by atoms with E-state index >= 15 is 0 Å². The zero-order valence-electron chi connectivity index (χ0n) is 12.3. The van der Waals surface area contributed by atoms with Gasteiger partial charge < -0.3 is 14.9 Å². The molecule has 116 valence electrons. The van der Waals surface area contributed by atoms with E-state index in [9.17, 15) is 14.3 Å². The molecule has 2 unspecified atom stereocenters. The minimum atomic E-state index is -0.875. The van der Waals surface area contributed by atoms with Crippen LogP contribution in [0, 0.1) is 11.2 Å². The van der Waals surface area contributed by atoms with E-state index in [2.05, 4.69) is 0 Å². The quantitative estimate of drug-likeness (QED) is 0.877. The number of carboxylic acid groups (broad SMARTS) is 1. The van der Waals surface area contributed by atoms with Gasteiger partial charge in [-0.3, -0.25) is 4.79 Å². The maximum atomic E-state index is 13.1. The van der Waals surface area contributed by atoms with Gasteiger partial charge in [-0.1, -0.05) is 0 Å². The molecule has 2 atom stereocenters. The van der Waals surface area contributed by atoms with E-state index < -0.39 is 17.5 Å². The summed E-state index contributed by atoms with van der Waals surface area (Å²) >= 11 is 0. The van der Waals surface area contributed by atoms with Crippen molar-refractivity contribution >= 4 is 5.97 Å². The van der Waals surface area contributed by atoms with Gasteiger partial charge in [0, 0.05) is 0 Å². The number of hydrogen-bond donors (Lipinski definition) is 2. The summed E-state index contributed by atoms with van der Waals surface area (Å²) in [5.41, 5.74) is -0.0549. The van der Waals surface area contributed by atoms with Gasteiger partial charge >= 0.3 is 5.97 Å². The van der Waals surface area contributed by atoms with Crippen LogP contribution in [0.15, 0.2) is 18.2 Å². The molecular formula is C16H21FO4. The highest BCUT2D eigenvalue weighted by Crippen LogP contribution is 2.31. The number of aliphatic carboxylic acids is 1. The second-order valence-electron chi connectivity index (χ2n) is 6.24. The smallest absolute Gasteiger partial charge is 0.309 e. The van der Waals surface area contributed by atoms with E-state index in [-0.39, 0.29) is 11.9 Å². The molecule has 0 saturated carbocycles. The highest BCUT2D eigenvalue weighted by molar-refractivity contribution is 5.73. The molecule has 0 amide bonds. The first-order chi connectivity index (χ1) is 9.79. The molecule has 1 aliphatic rings. The number of rotatable bonds is 5. The SMILES string of the molecule is CC(C)(CCC(O)C1CCc2cc(F)ccc2O1)C(=O)O. The Morgan fingerprint density at radius 3 is 2.90 bits per heavy atom. The van der Waals surface area contributed by atoms with Crippen LogP contribution in [-0.4, -0.2) is 28.4 Å². The average Bonchev–Trinajstić information content (AvgIpc) is 2.44. The fraction of sp³-hybridized carbons (Fsp3) is 0.562. The largest absolute Gasteiger partial charge is 0.487 e. The Morgan fingerprint density at radius 1 is 1.52 bits per heavy atom. The zero-order chi connectivity index (χ0) is 15.6. The minimum absolute atomic E-state index is 0.292. The molecule has 2 N–H and O–H groups in total. The molecule has 0 fully saturated rings.